The van der Waals surface area contributed by atoms with Crippen LogP contribution < -0.4 is 0 Å². The van der Waals surface area contributed by atoms with Gasteiger partial charge in [-0.15, -0.1) is 0 Å². The van der Waals surface area contributed by atoms with Gasteiger partial charge < -0.3 is 24.5 Å². The first-order valence-electron chi connectivity index (χ1n) is 9.28. The highest BCUT2D eigenvalue weighted by molar-refractivity contribution is 5.92. The maximum absolute atomic E-state index is 12.4. The Bertz CT molecular complexity index is 696. The summed E-state index contributed by atoms with van der Waals surface area (Å²) in [5.41, 5.74) is -0.406. The summed E-state index contributed by atoms with van der Waals surface area (Å²) in [6, 6.07) is 0. The van der Waals surface area contributed by atoms with Crippen LogP contribution in [0.1, 0.15) is 33.1 Å². The van der Waals surface area contributed by atoms with Gasteiger partial charge in [-0.1, -0.05) is 19.6 Å². The van der Waals surface area contributed by atoms with Crippen LogP contribution in [-0.4, -0.2) is 53.4 Å². The lowest BCUT2D eigenvalue weighted by Gasteiger charge is -2.55. The molecule has 0 aromatic rings. The molecule has 2 aliphatic carbocycles. The second-order valence-electron chi connectivity index (χ2n) is 7.97. The molecule has 0 radical (unpaired) electrons. The Hall–Kier alpha value is -1.99. The highest BCUT2D eigenvalue weighted by atomic mass is 16.6. The number of allylic oxidation sites excluding steroid dienone is 1. The lowest BCUT2D eigenvalue weighted by atomic mass is 9.51. The van der Waals surface area contributed by atoms with Crippen molar-refractivity contribution in [2.24, 2.45) is 23.2 Å². The fourth-order valence-corrected chi connectivity index (χ4v) is 5.12. The zero-order valence-electron chi connectivity index (χ0n) is 15.6. The molecule has 3 aliphatic rings. The number of rotatable bonds is 4. The van der Waals surface area contributed by atoms with E-state index in [4.69, 9.17) is 9.47 Å². The number of aliphatic hydroxyl groups excluding tert-OH is 2. The highest BCUT2D eigenvalue weighted by Crippen LogP contribution is 2.58. The van der Waals surface area contributed by atoms with E-state index >= 15 is 0 Å². The van der Waals surface area contributed by atoms with Crippen LogP contribution in [0.25, 0.3) is 0 Å². The second kappa shape index (κ2) is 7.20. The molecule has 1 saturated heterocycles. The lowest BCUT2D eigenvalue weighted by Crippen LogP contribution is -2.60. The van der Waals surface area contributed by atoms with Gasteiger partial charge in [0, 0.05) is 22.8 Å². The van der Waals surface area contributed by atoms with Crippen LogP contribution in [0.4, 0.5) is 0 Å². The van der Waals surface area contributed by atoms with E-state index in [1.54, 1.807) is 6.92 Å². The Morgan fingerprint density at radius 3 is 2.74 bits per heavy atom. The number of aliphatic hydroxyl groups is 2. The molecule has 148 valence electrons. The van der Waals surface area contributed by atoms with E-state index in [2.05, 4.69) is 6.58 Å². The third kappa shape index (κ3) is 3.02. The first-order valence-corrected chi connectivity index (χ1v) is 9.28. The third-order valence-corrected chi connectivity index (χ3v) is 6.63. The van der Waals surface area contributed by atoms with E-state index in [9.17, 15) is 24.6 Å². The molecule has 0 aromatic carbocycles. The van der Waals surface area contributed by atoms with Crippen molar-refractivity contribution >= 4 is 18.2 Å². The molecule has 27 heavy (non-hydrogen) atoms. The average molecular weight is 378 g/mol. The quantitative estimate of drug-likeness (QED) is 0.425. The number of aldehydes is 1. The second-order valence-corrected chi connectivity index (χ2v) is 7.97. The summed E-state index contributed by atoms with van der Waals surface area (Å²) in [4.78, 5) is 36.3. The minimum Gasteiger partial charge on any atom is -0.458 e. The number of ether oxygens (including phenoxy) is 2. The molecule has 7 heteroatoms. The summed E-state index contributed by atoms with van der Waals surface area (Å²) in [7, 11) is 0. The Balaban J connectivity index is 1.99. The molecular formula is C20H26O7. The van der Waals surface area contributed by atoms with Gasteiger partial charge in [0.25, 0.3) is 0 Å². The summed E-state index contributed by atoms with van der Waals surface area (Å²) in [6.45, 7) is 6.83. The molecule has 0 amide bonds. The van der Waals surface area contributed by atoms with E-state index in [-0.39, 0.29) is 29.4 Å². The van der Waals surface area contributed by atoms with Gasteiger partial charge in [0.05, 0.1) is 24.2 Å². The first kappa shape index (κ1) is 19.8. The van der Waals surface area contributed by atoms with Crippen molar-refractivity contribution in [1.29, 1.82) is 0 Å². The van der Waals surface area contributed by atoms with Crippen molar-refractivity contribution in [2.45, 2.75) is 51.4 Å². The Kier molecular flexibility index (Phi) is 5.27. The summed E-state index contributed by atoms with van der Waals surface area (Å²) in [5, 5.41) is 20.0. The minimum atomic E-state index is -0.740. The zero-order chi connectivity index (χ0) is 19.9. The van der Waals surface area contributed by atoms with Crippen LogP contribution in [0, 0.1) is 23.2 Å². The average Bonchev–Trinajstić information content (AvgIpc) is 2.92. The van der Waals surface area contributed by atoms with Crippen LogP contribution in [0.2, 0.25) is 0 Å². The number of hydrogen-bond acceptors (Lipinski definition) is 7. The van der Waals surface area contributed by atoms with Gasteiger partial charge in [-0.3, -0.25) is 0 Å². The molecule has 3 fully saturated rings. The molecule has 0 unspecified atom stereocenters. The zero-order valence-corrected chi connectivity index (χ0v) is 15.6. The molecule has 7 atom stereocenters. The van der Waals surface area contributed by atoms with Gasteiger partial charge in [-0.05, 0) is 26.2 Å². The molecule has 1 heterocycles. The fraction of sp³-hybridized carbons (Fsp3) is 0.650. The van der Waals surface area contributed by atoms with Gasteiger partial charge >= 0.3 is 11.9 Å². The highest BCUT2D eigenvalue weighted by Gasteiger charge is 2.63. The summed E-state index contributed by atoms with van der Waals surface area (Å²) < 4.78 is 11.2. The molecule has 7 nitrogen and oxygen atoms in total. The van der Waals surface area contributed by atoms with Crippen LogP contribution >= 0.6 is 0 Å². The van der Waals surface area contributed by atoms with Crippen molar-refractivity contribution in [1.82, 2.24) is 0 Å². The van der Waals surface area contributed by atoms with Gasteiger partial charge in [0.15, 0.2) is 0 Å². The molecule has 0 spiro atoms. The maximum Gasteiger partial charge on any atom is 0.336 e. The SMILES string of the molecule is C=C1C(=O)O[C@H]2[C@H]1[C@@H](OC(=O)/C(=C/C)CO)C[C@]1(C)[C@@H]2[C@@H](C=O)CC[C@H]1O. The van der Waals surface area contributed by atoms with Crippen LogP contribution in [0.3, 0.4) is 0 Å². The minimum absolute atomic E-state index is 0.115. The largest absolute Gasteiger partial charge is 0.458 e. The standard InChI is InChI=1S/C20H26O7/c1-4-11(8-21)19(25)26-13-7-20(3)14(23)6-5-12(9-22)16(20)17-15(13)10(2)18(24)27-17/h4,9,12-17,21,23H,2,5-8H2,1,3H3/b11-4+/t12-,13+,14-,15-,16-,17+,20+/m1/s1. The topological polar surface area (TPSA) is 110 Å². The van der Waals surface area contributed by atoms with E-state index in [0.717, 1.165) is 6.29 Å². The molecular weight excluding hydrogens is 352 g/mol. The fourth-order valence-electron chi connectivity index (χ4n) is 5.12. The summed E-state index contributed by atoms with van der Waals surface area (Å²) in [5.74, 6) is -2.50. The van der Waals surface area contributed by atoms with Crippen LogP contribution in [0.15, 0.2) is 23.8 Å². The van der Waals surface area contributed by atoms with E-state index < -0.39 is 48.2 Å². The molecule has 1 aliphatic heterocycles. The monoisotopic (exact) mass is 378 g/mol. The Morgan fingerprint density at radius 1 is 1.44 bits per heavy atom. The predicted molar refractivity (Wildman–Crippen MR) is 94.2 cm³/mol. The smallest absolute Gasteiger partial charge is 0.336 e. The van der Waals surface area contributed by atoms with Crippen LogP contribution in [0.5, 0.6) is 0 Å². The van der Waals surface area contributed by atoms with Crippen molar-refractivity contribution in [3.8, 4) is 0 Å². The number of fused-ring (bicyclic) bond motifs is 3. The number of carbonyl (C=O) groups excluding carboxylic acids is 3. The third-order valence-electron chi connectivity index (χ3n) is 6.63. The predicted octanol–water partition coefficient (Wildman–Crippen LogP) is 0.931. The maximum atomic E-state index is 12.4. The van der Waals surface area contributed by atoms with Gasteiger partial charge in [0.2, 0.25) is 0 Å². The van der Waals surface area contributed by atoms with Gasteiger partial charge in [0.1, 0.15) is 18.5 Å². The molecule has 3 rings (SSSR count). The molecule has 2 saturated carbocycles. The van der Waals surface area contributed by atoms with E-state index in [0.29, 0.717) is 12.8 Å². The summed E-state index contributed by atoms with van der Waals surface area (Å²) >= 11 is 0. The molecule has 2 N–H and O–H groups in total. The van der Waals surface area contributed by atoms with Crippen molar-refractivity contribution in [3.05, 3.63) is 23.8 Å². The summed E-state index contributed by atoms with van der Waals surface area (Å²) in [6.07, 6.45) is 1.50. The van der Waals surface area contributed by atoms with E-state index in [1.807, 2.05) is 6.92 Å². The Morgan fingerprint density at radius 2 is 2.15 bits per heavy atom. The van der Waals surface area contributed by atoms with Gasteiger partial charge in [-0.25, -0.2) is 9.59 Å². The van der Waals surface area contributed by atoms with Gasteiger partial charge in [-0.2, -0.15) is 0 Å². The van der Waals surface area contributed by atoms with Crippen molar-refractivity contribution in [2.75, 3.05) is 6.61 Å². The molecule has 0 bridgehead atoms. The van der Waals surface area contributed by atoms with E-state index in [1.165, 1.54) is 6.08 Å². The van der Waals surface area contributed by atoms with Crippen molar-refractivity contribution < 1.29 is 34.1 Å². The van der Waals surface area contributed by atoms with Crippen LogP contribution in [-0.2, 0) is 23.9 Å². The number of esters is 2. The lowest BCUT2D eigenvalue weighted by molar-refractivity contribution is -0.194. The first-order chi connectivity index (χ1) is 12.8. The van der Waals surface area contributed by atoms with Crippen molar-refractivity contribution in [3.63, 3.8) is 0 Å². The molecule has 0 aromatic heterocycles. The number of carbonyl (C=O) groups is 3. The normalized spacial score (nSPS) is 41.4. The number of hydrogen-bond donors (Lipinski definition) is 2. The Labute approximate surface area is 158 Å².